The summed E-state index contributed by atoms with van der Waals surface area (Å²) >= 11 is 3.44. The van der Waals surface area contributed by atoms with Crippen LogP contribution in [0.5, 0.6) is 0 Å². The lowest BCUT2D eigenvalue weighted by Crippen LogP contribution is -2.35. The summed E-state index contributed by atoms with van der Waals surface area (Å²) in [5.41, 5.74) is 1.80. The molecule has 3 rings (SSSR count). The first-order chi connectivity index (χ1) is 13.5. The summed E-state index contributed by atoms with van der Waals surface area (Å²) in [6, 6.07) is 14.9. The number of nitrogens with zero attached hydrogens (tertiary/aromatic N) is 2. The quantitative estimate of drug-likeness (QED) is 0.566. The van der Waals surface area contributed by atoms with Crippen molar-refractivity contribution in [2.45, 2.75) is 12.6 Å². The maximum Gasteiger partial charge on any atom is 0.320 e. The van der Waals surface area contributed by atoms with Crippen molar-refractivity contribution in [1.82, 2.24) is 15.1 Å². The lowest BCUT2D eigenvalue weighted by atomic mass is 10.1. The van der Waals surface area contributed by atoms with E-state index in [1.165, 1.54) is 12.1 Å². The van der Waals surface area contributed by atoms with Gasteiger partial charge in [0.25, 0.3) is 0 Å². The minimum absolute atomic E-state index is 0.293. The van der Waals surface area contributed by atoms with Gasteiger partial charge in [-0.1, -0.05) is 40.2 Å². The van der Waals surface area contributed by atoms with E-state index >= 15 is 0 Å². The molecule has 28 heavy (non-hydrogen) atoms. The minimum atomic E-state index is -0.372. The Labute approximate surface area is 170 Å². The molecular formula is C20H20BrFN4O2. The van der Waals surface area contributed by atoms with Gasteiger partial charge >= 0.3 is 6.03 Å². The Morgan fingerprint density at radius 2 is 2.04 bits per heavy atom. The highest BCUT2D eigenvalue weighted by atomic mass is 79.9. The molecule has 1 heterocycles. The Hall–Kier alpha value is -2.71. The first-order valence-corrected chi connectivity index (χ1v) is 9.42. The van der Waals surface area contributed by atoms with Crippen LogP contribution in [-0.2, 0) is 11.3 Å². The number of urea groups is 1. The molecule has 0 aliphatic carbocycles. The number of hydrogen-bond acceptors (Lipinski definition) is 3. The van der Waals surface area contributed by atoms with Gasteiger partial charge in [-0.3, -0.25) is 5.32 Å². The van der Waals surface area contributed by atoms with Crippen LogP contribution in [0.4, 0.5) is 15.0 Å². The van der Waals surface area contributed by atoms with Gasteiger partial charge in [0.1, 0.15) is 11.6 Å². The van der Waals surface area contributed by atoms with Crippen molar-refractivity contribution in [3.05, 3.63) is 82.2 Å². The summed E-state index contributed by atoms with van der Waals surface area (Å²) in [5.74, 6) is 0.242. The number of benzene rings is 2. The van der Waals surface area contributed by atoms with Crippen LogP contribution in [-0.4, -0.2) is 29.5 Å². The van der Waals surface area contributed by atoms with Crippen LogP contribution in [0.25, 0.3) is 0 Å². The zero-order valence-corrected chi connectivity index (χ0v) is 16.8. The number of amides is 2. The van der Waals surface area contributed by atoms with Gasteiger partial charge in [-0.2, -0.15) is 5.10 Å². The first-order valence-electron chi connectivity index (χ1n) is 8.63. The predicted molar refractivity (Wildman–Crippen MR) is 109 cm³/mol. The number of hydrogen-bond donors (Lipinski definition) is 2. The molecule has 3 aromatic rings. The monoisotopic (exact) mass is 446 g/mol. The van der Waals surface area contributed by atoms with E-state index in [9.17, 15) is 9.18 Å². The fraction of sp³-hybridized carbons (Fsp3) is 0.200. The standard InChI is InChI=1S/C20H20BrFN4O2/c1-28-13-18(15-3-2-4-16(21)11-15)24-20(27)25-19-9-10-23-26(19)12-14-5-7-17(22)8-6-14/h2-11,18H,12-13H2,1H3,(H2,24,25,27). The average Bonchev–Trinajstić information content (AvgIpc) is 3.10. The number of aromatic nitrogens is 2. The lowest BCUT2D eigenvalue weighted by molar-refractivity contribution is 0.168. The molecule has 1 aromatic heterocycles. The number of anilines is 1. The number of nitrogens with one attached hydrogen (secondary N) is 2. The number of halogens is 2. The molecule has 2 N–H and O–H groups in total. The van der Waals surface area contributed by atoms with Gasteiger partial charge in [-0.25, -0.2) is 13.9 Å². The summed E-state index contributed by atoms with van der Waals surface area (Å²) in [7, 11) is 1.59. The third-order valence-electron chi connectivity index (χ3n) is 4.09. The number of rotatable bonds is 7. The molecule has 1 unspecified atom stereocenters. The van der Waals surface area contributed by atoms with E-state index in [0.29, 0.717) is 19.0 Å². The smallest absolute Gasteiger partial charge is 0.320 e. The zero-order valence-electron chi connectivity index (χ0n) is 15.2. The van der Waals surface area contributed by atoms with Gasteiger partial charge in [0, 0.05) is 17.6 Å². The first kappa shape index (κ1) is 20.0. The summed E-state index contributed by atoms with van der Waals surface area (Å²) < 4.78 is 20.9. The maximum atomic E-state index is 13.1. The molecule has 146 valence electrons. The van der Waals surface area contributed by atoms with Crippen molar-refractivity contribution in [3.8, 4) is 0 Å². The van der Waals surface area contributed by atoms with Crippen LogP contribution in [0.2, 0.25) is 0 Å². The van der Waals surface area contributed by atoms with E-state index in [2.05, 4.69) is 31.7 Å². The number of carbonyl (C=O) groups excluding carboxylic acids is 1. The Morgan fingerprint density at radius 3 is 2.75 bits per heavy atom. The van der Waals surface area contributed by atoms with Crippen molar-refractivity contribution in [2.24, 2.45) is 0 Å². The van der Waals surface area contributed by atoms with Gasteiger partial charge in [0.2, 0.25) is 0 Å². The minimum Gasteiger partial charge on any atom is -0.382 e. The highest BCUT2D eigenvalue weighted by Gasteiger charge is 2.16. The number of carbonyl (C=O) groups is 1. The molecule has 0 fully saturated rings. The molecule has 0 saturated carbocycles. The van der Waals surface area contributed by atoms with Crippen LogP contribution in [0.1, 0.15) is 17.2 Å². The summed E-state index contributed by atoms with van der Waals surface area (Å²) in [6.07, 6.45) is 1.60. The highest BCUT2D eigenvalue weighted by molar-refractivity contribution is 9.10. The van der Waals surface area contributed by atoms with Crippen molar-refractivity contribution in [3.63, 3.8) is 0 Å². The fourth-order valence-electron chi connectivity index (χ4n) is 2.75. The third-order valence-corrected chi connectivity index (χ3v) is 4.59. The normalized spacial score (nSPS) is 11.8. The molecule has 0 saturated heterocycles. The molecule has 0 aliphatic heterocycles. The molecule has 1 atom stereocenters. The predicted octanol–water partition coefficient (Wildman–Crippen LogP) is 4.34. The molecule has 6 nitrogen and oxygen atoms in total. The van der Waals surface area contributed by atoms with Gasteiger partial charge in [0.05, 0.1) is 25.4 Å². The maximum absolute atomic E-state index is 13.1. The second-order valence-electron chi connectivity index (χ2n) is 6.16. The molecule has 0 radical (unpaired) electrons. The Bertz CT molecular complexity index is 930. The lowest BCUT2D eigenvalue weighted by Gasteiger charge is -2.19. The van der Waals surface area contributed by atoms with E-state index in [1.54, 1.807) is 36.2 Å². The molecule has 2 aromatic carbocycles. The topological polar surface area (TPSA) is 68.2 Å². The van der Waals surface area contributed by atoms with Crippen molar-refractivity contribution in [1.29, 1.82) is 0 Å². The van der Waals surface area contributed by atoms with E-state index in [4.69, 9.17) is 4.74 Å². The van der Waals surface area contributed by atoms with Gasteiger partial charge < -0.3 is 10.1 Å². The molecule has 0 spiro atoms. The van der Waals surface area contributed by atoms with Gasteiger partial charge in [-0.15, -0.1) is 0 Å². The Morgan fingerprint density at radius 1 is 1.25 bits per heavy atom. The van der Waals surface area contributed by atoms with Crippen LogP contribution in [0.15, 0.2) is 65.3 Å². The molecule has 2 amide bonds. The van der Waals surface area contributed by atoms with E-state index in [1.807, 2.05) is 24.3 Å². The van der Waals surface area contributed by atoms with Gasteiger partial charge in [-0.05, 0) is 35.4 Å². The van der Waals surface area contributed by atoms with Crippen molar-refractivity contribution in [2.75, 3.05) is 19.0 Å². The van der Waals surface area contributed by atoms with Crippen LogP contribution >= 0.6 is 15.9 Å². The Balaban J connectivity index is 1.67. The number of ether oxygens (including phenoxy) is 1. The fourth-order valence-corrected chi connectivity index (χ4v) is 3.17. The second kappa shape index (κ2) is 9.48. The van der Waals surface area contributed by atoms with Crippen LogP contribution < -0.4 is 10.6 Å². The third kappa shape index (κ3) is 5.40. The number of methoxy groups -OCH3 is 1. The van der Waals surface area contributed by atoms with E-state index in [-0.39, 0.29) is 17.9 Å². The molecule has 8 heteroatoms. The van der Waals surface area contributed by atoms with Crippen molar-refractivity contribution >= 4 is 27.8 Å². The zero-order chi connectivity index (χ0) is 19.9. The molecule has 0 bridgehead atoms. The summed E-state index contributed by atoms with van der Waals surface area (Å²) in [5, 5.41) is 9.94. The summed E-state index contributed by atoms with van der Waals surface area (Å²) in [6.45, 7) is 0.745. The molecule has 0 aliphatic rings. The average molecular weight is 447 g/mol. The largest absolute Gasteiger partial charge is 0.382 e. The Kier molecular flexibility index (Phi) is 6.78. The summed E-state index contributed by atoms with van der Waals surface area (Å²) in [4.78, 5) is 12.5. The second-order valence-corrected chi connectivity index (χ2v) is 7.08. The van der Waals surface area contributed by atoms with Gasteiger partial charge in [0.15, 0.2) is 0 Å². The highest BCUT2D eigenvalue weighted by Crippen LogP contribution is 2.19. The van der Waals surface area contributed by atoms with E-state index < -0.39 is 0 Å². The van der Waals surface area contributed by atoms with Crippen LogP contribution in [0, 0.1) is 5.82 Å². The SMILES string of the molecule is COCC(NC(=O)Nc1ccnn1Cc1ccc(F)cc1)c1cccc(Br)c1. The molecular weight excluding hydrogens is 427 g/mol. The van der Waals surface area contributed by atoms with E-state index in [0.717, 1.165) is 15.6 Å². The van der Waals surface area contributed by atoms with Crippen LogP contribution in [0.3, 0.4) is 0 Å². The van der Waals surface area contributed by atoms with Crippen molar-refractivity contribution < 1.29 is 13.9 Å².